The number of anilines is 1. The lowest BCUT2D eigenvalue weighted by Gasteiger charge is -2.22. The Morgan fingerprint density at radius 1 is 1.17 bits per heavy atom. The molecule has 2 rings (SSSR count). The molecule has 2 nitrogen and oxygen atoms in total. The molecule has 1 saturated carbocycles. The minimum absolute atomic E-state index is 0.228. The first kappa shape index (κ1) is 13.4. The first-order valence-corrected chi connectivity index (χ1v) is 7.08. The van der Waals surface area contributed by atoms with E-state index < -0.39 is 0 Å². The molecule has 0 heterocycles. The van der Waals surface area contributed by atoms with Crippen LogP contribution in [0.4, 0.5) is 5.69 Å². The molecule has 2 unspecified atom stereocenters. The summed E-state index contributed by atoms with van der Waals surface area (Å²) in [7, 11) is 0. The standard InChI is InChI=1S/C16H26N2/c1-16(2,3)13-7-9-14(10-8-13)18-15-6-4-5-12(15)11-17/h7-10,12,15,18H,4-6,11,17H2,1-3H3. The van der Waals surface area contributed by atoms with Gasteiger partial charge in [-0.15, -0.1) is 0 Å². The van der Waals surface area contributed by atoms with Crippen molar-refractivity contribution in [1.29, 1.82) is 0 Å². The number of nitrogens with two attached hydrogens (primary N) is 1. The van der Waals surface area contributed by atoms with Crippen molar-refractivity contribution in [1.82, 2.24) is 0 Å². The summed E-state index contributed by atoms with van der Waals surface area (Å²) in [5, 5.41) is 3.64. The Bertz CT molecular complexity index is 375. The van der Waals surface area contributed by atoms with E-state index in [-0.39, 0.29) is 5.41 Å². The molecule has 2 heteroatoms. The van der Waals surface area contributed by atoms with Crippen LogP contribution in [0.1, 0.15) is 45.6 Å². The zero-order chi connectivity index (χ0) is 13.2. The topological polar surface area (TPSA) is 38.0 Å². The molecule has 3 N–H and O–H groups in total. The highest BCUT2D eigenvalue weighted by atomic mass is 14.9. The van der Waals surface area contributed by atoms with E-state index in [2.05, 4.69) is 50.4 Å². The van der Waals surface area contributed by atoms with Gasteiger partial charge in [0.15, 0.2) is 0 Å². The summed E-state index contributed by atoms with van der Waals surface area (Å²) in [4.78, 5) is 0. The molecule has 18 heavy (non-hydrogen) atoms. The molecule has 0 aromatic heterocycles. The summed E-state index contributed by atoms with van der Waals surface area (Å²) in [6.45, 7) is 7.54. The van der Waals surface area contributed by atoms with E-state index >= 15 is 0 Å². The lowest BCUT2D eigenvalue weighted by atomic mass is 9.87. The van der Waals surface area contributed by atoms with Crippen LogP contribution in [0.25, 0.3) is 0 Å². The Morgan fingerprint density at radius 3 is 2.39 bits per heavy atom. The summed E-state index contributed by atoms with van der Waals surface area (Å²) in [5.41, 5.74) is 8.66. The van der Waals surface area contributed by atoms with E-state index in [1.165, 1.54) is 30.5 Å². The maximum atomic E-state index is 5.82. The zero-order valence-electron chi connectivity index (χ0n) is 11.9. The Hall–Kier alpha value is -1.02. The molecule has 1 aliphatic rings. The van der Waals surface area contributed by atoms with Crippen LogP contribution < -0.4 is 11.1 Å². The number of hydrogen-bond acceptors (Lipinski definition) is 2. The van der Waals surface area contributed by atoms with Crippen molar-refractivity contribution in [2.24, 2.45) is 11.7 Å². The third kappa shape index (κ3) is 3.05. The van der Waals surface area contributed by atoms with Crippen LogP contribution in [0.15, 0.2) is 24.3 Å². The van der Waals surface area contributed by atoms with Crippen LogP contribution in [0.5, 0.6) is 0 Å². The fraction of sp³-hybridized carbons (Fsp3) is 0.625. The predicted octanol–water partition coefficient (Wildman–Crippen LogP) is 3.52. The van der Waals surface area contributed by atoms with Crippen LogP contribution in [0.2, 0.25) is 0 Å². The molecule has 0 aliphatic heterocycles. The van der Waals surface area contributed by atoms with Gasteiger partial charge in [-0.05, 0) is 48.4 Å². The molecule has 0 saturated heterocycles. The van der Waals surface area contributed by atoms with E-state index in [9.17, 15) is 0 Å². The fourth-order valence-corrected chi connectivity index (χ4v) is 2.79. The second kappa shape index (κ2) is 5.31. The van der Waals surface area contributed by atoms with Crippen LogP contribution >= 0.6 is 0 Å². The van der Waals surface area contributed by atoms with Gasteiger partial charge in [-0.2, -0.15) is 0 Å². The Kier molecular flexibility index (Phi) is 3.96. The Morgan fingerprint density at radius 2 is 1.83 bits per heavy atom. The second-order valence-corrected chi connectivity index (χ2v) is 6.50. The highest BCUT2D eigenvalue weighted by Gasteiger charge is 2.25. The summed E-state index contributed by atoms with van der Waals surface area (Å²) in [5.74, 6) is 0.646. The third-order valence-electron chi connectivity index (χ3n) is 4.06. The van der Waals surface area contributed by atoms with Gasteiger partial charge in [0.25, 0.3) is 0 Å². The largest absolute Gasteiger partial charge is 0.382 e. The van der Waals surface area contributed by atoms with Gasteiger partial charge in [0, 0.05) is 11.7 Å². The van der Waals surface area contributed by atoms with E-state index in [4.69, 9.17) is 5.73 Å². The van der Waals surface area contributed by atoms with Crippen molar-refractivity contribution < 1.29 is 0 Å². The lowest BCUT2D eigenvalue weighted by Crippen LogP contribution is -2.29. The van der Waals surface area contributed by atoms with Crippen molar-refractivity contribution >= 4 is 5.69 Å². The average molecular weight is 246 g/mol. The third-order valence-corrected chi connectivity index (χ3v) is 4.06. The molecule has 0 amide bonds. The van der Waals surface area contributed by atoms with Crippen molar-refractivity contribution in [2.45, 2.75) is 51.5 Å². The predicted molar refractivity (Wildman–Crippen MR) is 78.9 cm³/mol. The van der Waals surface area contributed by atoms with Gasteiger partial charge in [-0.3, -0.25) is 0 Å². The molecule has 2 atom stereocenters. The zero-order valence-corrected chi connectivity index (χ0v) is 11.9. The Balaban J connectivity index is 2.02. The van der Waals surface area contributed by atoms with Gasteiger partial charge in [-0.1, -0.05) is 39.3 Å². The summed E-state index contributed by atoms with van der Waals surface area (Å²) < 4.78 is 0. The van der Waals surface area contributed by atoms with Crippen LogP contribution in [0, 0.1) is 5.92 Å². The summed E-state index contributed by atoms with van der Waals surface area (Å²) in [6, 6.07) is 9.43. The summed E-state index contributed by atoms with van der Waals surface area (Å²) >= 11 is 0. The first-order chi connectivity index (χ1) is 8.50. The number of nitrogens with one attached hydrogen (secondary N) is 1. The first-order valence-electron chi connectivity index (χ1n) is 7.08. The van der Waals surface area contributed by atoms with E-state index in [0.717, 1.165) is 6.54 Å². The second-order valence-electron chi connectivity index (χ2n) is 6.50. The molecule has 1 aromatic carbocycles. The molecule has 1 aliphatic carbocycles. The van der Waals surface area contributed by atoms with E-state index in [1.54, 1.807) is 0 Å². The molecular weight excluding hydrogens is 220 g/mol. The van der Waals surface area contributed by atoms with Gasteiger partial charge in [-0.25, -0.2) is 0 Å². The van der Waals surface area contributed by atoms with Gasteiger partial charge in [0.05, 0.1) is 0 Å². The van der Waals surface area contributed by atoms with Crippen LogP contribution in [-0.2, 0) is 5.41 Å². The summed E-state index contributed by atoms with van der Waals surface area (Å²) in [6.07, 6.45) is 3.83. The molecular formula is C16H26N2. The van der Waals surface area contributed by atoms with Gasteiger partial charge in [0.1, 0.15) is 0 Å². The van der Waals surface area contributed by atoms with Crippen molar-refractivity contribution in [3.05, 3.63) is 29.8 Å². The molecule has 1 fully saturated rings. The minimum atomic E-state index is 0.228. The van der Waals surface area contributed by atoms with Gasteiger partial charge in [0.2, 0.25) is 0 Å². The molecule has 1 aromatic rings. The smallest absolute Gasteiger partial charge is 0.0342 e. The number of benzene rings is 1. The lowest BCUT2D eigenvalue weighted by molar-refractivity contribution is 0.516. The highest BCUT2D eigenvalue weighted by molar-refractivity contribution is 5.46. The fourth-order valence-electron chi connectivity index (χ4n) is 2.79. The highest BCUT2D eigenvalue weighted by Crippen LogP contribution is 2.29. The maximum absolute atomic E-state index is 5.82. The Labute approximate surface area is 111 Å². The van der Waals surface area contributed by atoms with E-state index in [1.807, 2.05) is 0 Å². The minimum Gasteiger partial charge on any atom is -0.382 e. The van der Waals surface area contributed by atoms with Crippen LogP contribution in [0.3, 0.4) is 0 Å². The van der Waals surface area contributed by atoms with Crippen molar-refractivity contribution in [3.8, 4) is 0 Å². The maximum Gasteiger partial charge on any atom is 0.0342 e. The number of rotatable bonds is 3. The number of hydrogen-bond donors (Lipinski definition) is 2. The molecule has 100 valence electrons. The molecule has 0 spiro atoms. The monoisotopic (exact) mass is 246 g/mol. The average Bonchev–Trinajstić information content (AvgIpc) is 2.76. The van der Waals surface area contributed by atoms with Gasteiger partial charge >= 0.3 is 0 Å². The van der Waals surface area contributed by atoms with Crippen LogP contribution in [-0.4, -0.2) is 12.6 Å². The molecule has 0 bridgehead atoms. The van der Waals surface area contributed by atoms with Crippen molar-refractivity contribution in [2.75, 3.05) is 11.9 Å². The normalized spacial score (nSPS) is 24.2. The van der Waals surface area contributed by atoms with E-state index in [0.29, 0.717) is 12.0 Å². The SMILES string of the molecule is CC(C)(C)c1ccc(NC2CCCC2CN)cc1. The quantitative estimate of drug-likeness (QED) is 0.856. The van der Waals surface area contributed by atoms with Crippen molar-refractivity contribution in [3.63, 3.8) is 0 Å². The molecule has 0 radical (unpaired) electrons. The van der Waals surface area contributed by atoms with Gasteiger partial charge < -0.3 is 11.1 Å².